The predicted octanol–water partition coefficient (Wildman–Crippen LogP) is 5.94. The lowest BCUT2D eigenvalue weighted by atomic mass is 9.95. The molecular weight excluding hydrogens is 366 g/mol. The lowest BCUT2D eigenvalue weighted by molar-refractivity contribution is -0.134. The van der Waals surface area contributed by atoms with Crippen LogP contribution in [0.15, 0.2) is 35.9 Å². The Morgan fingerprint density at radius 3 is 1.89 bits per heavy atom. The number of β-lactam (4-membered cyclic amide) rings is 1. The quantitative estimate of drug-likeness (QED) is 0.306. The van der Waals surface area contributed by atoms with Crippen LogP contribution in [0.3, 0.4) is 0 Å². The van der Waals surface area contributed by atoms with Gasteiger partial charge in [-0.25, -0.2) is 0 Å². The molecule has 0 N–H and O–H groups in total. The van der Waals surface area contributed by atoms with Gasteiger partial charge in [0.15, 0.2) is 0 Å². The van der Waals surface area contributed by atoms with E-state index in [1.54, 1.807) is 7.11 Å². The number of rotatable bonds is 8. The number of benzene rings is 1. The average Bonchev–Trinajstić information content (AvgIpc) is 2.61. The van der Waals surface area contributed by atoms with Gasteiger partial charge in [-0.15, -0.1) is 0 Å². The second-order valence-corrected chi connectivity index (χ2v) is 14.4. The second kappa shape index (κ2) is 8.83. The third kappa shape index (κ3) is 4.06. The van der Waals surface area contributed by atoms with Crippen LogP contribution >= 0.6 is 0 Å². The van der Waals surface area contributed by atoms with E-state index in [1.807, 2.05) is 29.2 Å². The van der Waals surface area contributed by atoms with Crippen LogP contribution in [0.5, 0.6) is 5.75 Å². The van der Waals surface area contributed by atoms with E-state index in [1.165, 1.54) is 5.57 Å². The molecule has 1 aromatic rings. The standard InChI is InChI=1S/C23H37NO3Si/c1-15(2)14-21-22(27-28(16(3)4,17(5)6)18(7)8)23(25)24(21)19-10-12-20(26-9)13-11-19/h10-14,16-18,21-22H,1-9H3. The number of hydrogen-bond donors (Lipinski definition) is 0. The minimum Gasteiger partial charge on any atom is -0.497 e. The Hall–Kier alpha value is -1.59. The molecule has 28 heavy (non-hydrogen) atoms. The first-order valence-electron chi connectivity index (χ1n) is 10.4. The first-order valence-corrected chi connectivity index (χ1v) is 12.5. The van der Waals surface area contributed by atoms with Crippen LogP contribution in [0, 0.1) is 0 Å². The van der Waals surface area contributed by atoms with E-state index in [0.717, 1.165) is 11.4 Å². The highest BCUT2D eigenvalue weighted by molar-refractivity contribution is 6.77. The van der Waals surface area contributed by atoms with Crippen molar-refractivity contribution >= 4 is 19.9 Å². The third-order valence-electron chi connectivity index (χ3n) is 5.98. The van der Waals surface area contributed by atoms with Gasteiger partial charge in [-0.05, 0) is 54.7 Å². The lowest BCUT2D eigenvalue weighted by Gasteiger charge is -2.52. The SMILES string of the molecule is COc1ccc(N2C(=O)C(O[Si](C(C)C)(C(C)C)C(C)C)C2C=C(C)C)cc1. The van der Waals surface area contributed by atoms with Gasteiger partial charge in [0.1, 0.15) is 11.9 Å². The maximum Gasteiger partial charge on any atom is 0.258 e. The van der Waals surface area contributed by atoms with Crippen molar-refractivity contribution < 1.29 is 14.0 Å². The number of amides is 1. The van der Waals surface area contributed by atoms with E-state index in [9.17, 15) is 4.79 Å². The molecule has 4 nitrogen and oxygen atoms in total. The Balaban J connectivity index is 2.38. The van der Waals surface area contributed by atoms with Gasteiger partial charge in [-0.3, -0.25) is 4.79 Å². The molecule has 5 heteroatoms. The van der Waals surface area contributed by atoms with E-state index in [0.29, 0.717) is 16.6 Å². The van der Waals surface area contributed by atoms with Crippen LogP contribution in [0.25, 0.3) is 0 Å². The van der Waals surface area contributed by atoms with Crippen molar-refractivity contribution in [3.8, 4) is 5.75 Å². The van der Waals surface area contributed by atoms with E-state index in [2.05, 4.69) is 61.5 Å². The molecule has 1 aliphatic rings. The van der Waals surface area contributed by atoms with Crippen molar-refractivity contribution in [2.45, 2.75) is 84.2 Å². The van der Waals surface area contributed by atoms with Crippen LogP contribution in [0.4, 0.5) is 5.69 Å². The van der Waals surface area contributed by atoms with Crippen LogP contribution < -0.4 is 9.64 Å². The number of ether oxygens (including phenoxy) is 1. The predicted molar refractivity (Wildman–Crippen MR) is 120 cm³/mol. The first-order chi connectivity index (χ1) is 13.1. The molecule has 0 aliphatic carbocycles. The molecule has 156 valence electrons. The fourth-order valence-electron chi connectivity index (χ4n) is 4.78. The topological polar surface area (TPSA) is 38.8 Å². The molecule has 0 aromatic heterocycles. The molecule has 1 amide bonds. The van der Waals surface area contributed by atoms with E-state index >= 15 is 0 Å². The van der Waals surface area contributed by atoms with Crippen LogP contribution in [0.2, 0.25) is 16.6 Å². The van der Waals surface area contributed by atoms with Gasteiger partial charge in [0, 0.05) is 5.69 Å². The maximum absolute atomic E-state index is 13.2. The lowest BCUT2D eigenvalue weighted by Crippen LogP contribution is -2.69. The molecule has 2 atom stereocenters. The zero-order valence-electron chi connectivity index (χ0n) is 18.9. The summed E-state index contributed by atoms with van der Waals surface area (Å²) in [5, 5.41) is 0. The van der Waals surface area contributed by atoms with E-state index < -0.39 is 14.4 Å². The Morgan fingerprint density at radius 2 is 1.50 bits per heavy atom. The molecule has 0 radical (unpaired) electrons. The van der Waals surface area contributed by atoms with Crippen molar-refractivity contribution in [3.05, 3.63) is 35.9 Å². The summed E-state index contributed by atoms with van der Waals surface area (Å²) >= 11 is 0. The second-order valence-electron chi connectivity index (χ2n) is 9.00. The maximum atomic E-state index is 13.2. The van der Waals surface area contributed by atoms with Crippen molar-refractivity contribution in [1.82, 2.24) is 0 Å². The summed E-state index contributed by atoms with van der Waals surface area (Å²) in [6.07, 6.45) is 1.77. The Bertz CT molecular complexity index is 683. The van der Waals surface area contributed by atoms with E-state index in [-0.39, 0.29) is 11.9 Å². The largest absolute Gasteiger partial charge is 0.497 e. The van der Waals surface area contributed by atoms with Crippen LogP contribution in [0.1, 0.15) is 55.4 Å². The van der Waals surface area contributed by atoms with Gasteiger partial charge in [0.2, 0.25) is 8.32 Å². The fourth-order valence-corrected chi connectivity index (χ4v) is 10.3. The highest BCUT2D eigenvalue weighted by Crippen LogP contribution is 2.45. The minimum absolute atomic E-state index is 0.0611. The Labute approximate surface area is 172 Å². The summed E-state index contributed by atoms with van der Waals surface area (Å²) in [5.74, 6) is 0.848. The molecule has 0 saturated carbocycles. The molecule has 1 heterocycles. The van der Waals surface area contributed by atoms with Gasteiger partial charge < -0.3 is 14.1 Å². The normalized spacial score (nSPS) is 20.0. The number of methoxy groups -OCH3 is 1. The number of anilines is 1. The van der Waals surface area contributed by atoms with Gasteiger partial charge >= 0.3 is 0 Å². The summed E-state index contributed by atoms with van der Waals surface area (Å²) in [6.45, 7) is 17.7. The molecule has 1 fully saturated rings. The smallest absolute Gasteiger partial charge is 0.258 e. The van der Waals surface area contributed by atoms with Crippen molar-refractivity contribution in [2.75, 3.05) is 12.0 Å². The Kier molecular flexibility index (Phi) is 7.15. The molecule has 1 aromatic carbocycles. The molecule has 1 aliphatic heterocycles. The molecule has 2 unspecified atom stereocenters. The van der Waals surface area contributed by atoms with Crippen LogP contribution in [-0.4, -0.2) is 33.5 Å². The number of hydrogen-bond acceptors (Lipinski definition) is 3. The van der Waals surface area contributed by atoms with Gasteiger partial charge in [-0.2, -0.15) is 0 Å². The molecule has 1 saturated heterocycles. The Morgan fingerprint density at radius 1 is 1.00 bits per heavy atom. The van der Waals surface area contributed by atoms with Crippen molar-refractivity contribution in [2.24, 2.45) is 0 Å². The number of carbonyl (C=O) groups is 1. The number of nitrogens with zero attached hydrogens (tertiary/aromatic N) is 1. The highest BCUT2D eigenvalue weighted by atomic mass is 28.4. The van der Waals surface area contributed by atoms with Crippen LogP contribution in [-0.2, 0) is 9.22 Å². The highest BCUT2D eigenvalue weighted by Gasteiger charge is 2.55. The molecule has 2 rings (SSSR count). The third-order valence-corrected chi connectivity index (χ3v) is 12.1. The summed E-state index contributed by atoms with van der Waals surface area (Å²) in [6, 6.07) is 7.61. The van der Waals surface area contributed by atoms with Crippen molar-refractivity contribution in [1.29, 1.82) is 0 Å². The zero-order valence-corrected chi connectivity index (χ0v) is 19.9. The molecule has 0 spiro atoms. The van der Waals surface area contributed by atoms with Crippen molar-refractivity contribution in [3.63, 3.8) is 0 Å². The summed E-state index contributed by atoms with van der Waals surface area (Å²) in [5.41, 5.74) is 3.42. The monoisotopic (exact) mass is 403 g/mol. The number of allylic oxidation sites excluding steroid dienone is 1. The number of carbonyl (C=O) groups excluding carboxylic acids is 1. The molecule has 0 bridgehead atoms. The zero-order chi connectivity index (χ0) is 21.2. The minimum atomic E-state index is -2.14. The van der Waals surface area contributed by atoms with Gasteiger partial charge in [0.25, 0.3) is 5.91 Å². The summed E-state index contributed by atoms with van der Waals surface area (Å²) in [7, 11) is -0.491. The van der Waals surface area contributed by atoms with E-state index in [4.69, 9.17) is 9.16 Å². The van der Waals surface area contributed by atoms with Gasteiger partial charge in [-0.1, -0.05) is 53.2 Å². The fraction of sp³-hybridized carbons (Fsp3) is 0.609. The average molecular weight is 404 g/mol. The molecular formula is C23H37NO3Si. The van der Waals surface area contributed by atoms with Gasteiger partial charge in [0.05, 0.1) is 13.2 Å². The summed E-state index contributed by atoms with van der Waals surface area (Å²) < 4.78 is 12.1. The first kappa shape index (κ1) is 22.7. The summed E-state index contributed by atoms with van der Waals surface area (Å²) in [4.78, 5) is 15.1.